The fourth-order valence-corrected chi connectivity index (χ4v) is 2.26. The van der Waals surface area contributed by atoms with Crippen molar-refractivity contribution < 1.29 is 8.42 Å². The molecule has 0 aliphatic rings. The number of primary sulfonamides is 1. The Morgan fingerprint density at radius 3 is 2.65 bits per heavy atom. The van der Waals surface area contributed by atoms with Gasteiger partial charge in [0.05, 0.1) is 10.4 Å². The molecule has 0 aliphatic heterocycles. The molecule has 2 aromatic heterocycles. The molecule has 0 saturated heterocycles. The molecule has 8 heteroatoms. The molecular weight excluding hydrogens is 278 g/mol. The average molecular weight is 287 g/mol. The van der Waals surface area contributed by atoms with E-state index in [1.54, 1.807) is 24.5 Å². The zero-order valence-electron chi connectivity index (χ0n) is 10.1. The van der Waals surface area contributed by atoms with Gasteiger partial charge in [0.2, 0.25) is 10.0 Å². The third-order valence-electron chi connectivity index (χ3n) is 2.69. The molecule has 0 amide bonds. The van der Waals surface area contributed by atoms with Crippen LogP contribution in [0.15, 0.2) is 47.9 Å². The summed E-state index contributed by atoms with van der Waals surface area (Å²) >= 11 is 0. The molecule has 0 atom stereocenters. The number of aromatic nitrogens is 4. The van der Waals surface area contributed by atoms with E-state index in [0.29, 0.717) is 17.0 Å². The van der Waals surface area contributed by atoms with Crippen LogP contribution in [0, 0.1) is 0 Å². The largest absolute Gasteiger partial charge is 0.245 e. The van der Waals surface area contributed by atoms with Crippen molar-refractivity contribution in [3.63, 3.8) is 0 Å². The molecule has 3 aromatic rings. The number of benzene rings is 1. The van der Waals surface area contributed by atoms with Crippen molar-refractivity contribution in [2.45, 2.75) is 4.90 Å². The fraction of sp³-hybridized carbons (Fsp3) is 0. The van der Waals surface area contributed by atoms with Crippen molar-refractivity contribution in [2.75, 3.05) is 0 Å². The van der Waals surface area contributed by atoms with Crippen molar-refractivity contribution in [1.29, 1.82) is 0 Å². The first kappa shape index (κ1) is 12.6. The summed E-state index contributed by atoms with van der Waals surface area (Å²) in [4.78, 5) is 16.4. The van der Waals surface area contributed by atoms with Crippen molar-refractivity contribution in [3.05, 3.63) is 43.0 Å². The quantitative estimate of drug-likeness (QED) is 0.743. The lowest BCUT2D eigenvalue weighted by Gasteiger charge is -2.03. The van der Waals surface area contributed by atoms with E-state index in [9.17, 15) is 8.42 Å². The average Bonchev–Trinajstić information content (AvgIpc) is 2.46. The predicted molar refractivity (Wildman–Crippen MR) is 71.9 cm³/mol. The summed E-state index contributed by atoms with van der Waals surface area (Å²) < 4.78 is 22.7. The van der Waals surface area contributed by atoms with Crippen LogP contribution in [0.1, 0.15) is 0 Å². The SMILES string of the molecule is NS(=O)(=O)c1ccc2cnc(-c3ccncn3)nc2c1. The summed E-state index contributed by atoms with van der Waals surface area (Å²) in [5.41, 5.74) is 1.04. The van der Waals surface area contributed by atoms with Crippen LogP contribution in [0.25, 0.3) is 22.4 Å². The molecule has 0 bridgehead atoms. The van der Waals surface area contributed by atoms with E-state index >= 15 is 0 Å². The summed E-state index contributed by atoms with van der Waals surface area (Å²) in [5, 5.41) is 5.82. The Morgan fingerprint density at radius 2 is 1.95 bits per heavy atom. The molecule has 0 fully saturated rings. The van der Waals surface area contributed by atoms with Crippen LogP contribution in [0.5, 0.6) is 0 Å². The van der Waals surface area contributed by atoms with Crippen LogP contribution in [0.3, 0.4) is 0 Å². The highest BCUT2D eigenvalue weighted by molar-refractivity contribution is 7.89. The summed E-state index contributed by atoms with van der Waals surface area (Å²) in [6.45, 7) is 0. The molecule has 100 valence electrons. The summed E-state index contributed by atoms with van der Waals surface area (Å²) in [5.74, 6) is 0.395. The van der Waals surface area contributed by atoms with Crippen LogP contribution in [0.4, 0.5) is 0 Å². The van der Waals surface area contributed by atoms with Gasteiger partial charge in [-0.2, -0.15) is 0 Å². The Morgan fingerprint density at radius 1 is 1.10 bits per heavy atom. The van der Waals surface area contributed by atoms with E-state index in [1.807, 2.05) is 0 Å². The number of sulfonamides is 1. The van der Waals surface area contributed by atoms with Gasteiger partial charge in [-0.25, -0.2) is 33.5 Å². The maximum atomic E-state index is 11.3. The topological polar surface area (TPSA) is 112 Å². The van der Waals surface area contributed by atoms with Gasteiger partial charge in [-0.15, -0.1) is 0 Å². The number of nitrogens with zero attached hydrogens (tertiary/aromatic N) is 4. The number of rotatable bonds is 2. The van der Waals surface area contributed by atoms with E-state index in [2.05, 4.69) is 19.9 Å². The van der Waals surface area contributed by atoms with E-state index in [1.165, 1.54) is 18.5 Å². The first-order chi connectivity index (χ1) is 9.54. The van der Waals surface area contributed by atoms with Crippen LogP contribution in [-0.4, -0.2) is 28.4 Å². The third kappa shape index (κ3) is 2.33. The zero-order valence-corrected chi connectivity index (χ0v) is 10.9. The summed E-state index contributed by atoms with van der Waals surface area (Å²) in [6, 6.07) is 6.12. The molecule has 20 heavy (non-hydrogen) atoms. The number of hydrogen-bond donors (Lipinski definition) is 1. The minimum absolute atomic E-state index is 0.0114. The van der Waals surface area contributed by atoms with Crippen molar-refractivity contribution in [3.8, 4) is 11.5 Å². The number of fused-ring (bicyclic) bond motifs is 1. The van der Waals surface area contributed by atoms with Crippen molar-refractivity contribution in [1.82, 2.24) is 19.9 Å². The lowest BCUT2D eigenvalue weighted by molar-refractivity contribution is 0.598. The van der Waals surface area contributed by atoms with Gasteiger partial charge in [0, 0.05) is 17.8 Å². The van der Waals surface area contributed by atoms with Gasteiger partial charge in [-0.3, -0.25) is 0 Å². The van der Waals surface area contributed by atoms with Crippen molar-refractivity contribution in [2.24, 2.45) is 5.14 Å². The van der Waals surface area contributed by atoms with E-state index in [0.717, 1.165) is 5.39 Å². The fourth-order valence-electron chi connectivity index (χ4n) is 1.73. The van der Waals surface area contributed by atoms with Gasteiger partial charge in [0.25, 0.3) is 0 Å². The lowest BCUT2D eigenvalue weighted by Crippen LogP contribution is -2.12. The second-order valence-electron chi connectivity index (χ2n) is 4.05. The maximum absolute atomic E-state index is 11.3. The Balaban J connectivity index is 2.19. The van der Waals surface area contributed by atoms with E-state index in [-0.39, 0.29) is 4.90 Å². The molecule has 7 nitrogen and oxygen atoms in total. The van der Waals surface area contributed by atoms with Crippen molar-refractivity contribution >= 4 is 20.9 Å². The zero-order chi connectivity index (χ0) is 14.2. The molecule has 3 rings (SSSR count). The molecule has 2 N–H and O–H groups in total. The minimum Gasteiger partial charge on any atom is -0.245 e. The molecule has 0 saturated carbocycles. The highest BCUT2D eigenvalue weighted by Crippen LogP contribution is 2.19. The van der Waals surface area contributed by atoms with Crippen LogP contribution in [0.2, 0.25) is 0 Å². The Bertz CT molecular complexity index is 881. The lowest BCUT2D eigenvalue weighted by atomic mass is 10.2. The standard InChI is InChI=1S/C12H9N5O2S/c13-20(18,19)9-2-1-8-6-15-12(17-11(8)5-9)10-3-4-14-7-16-10/h1-7H,(H2,13,18,19). The Kier molecular flexibility index (Phi) is 2.88. The van der Waals surface area contributed by atoms with Crippen LogP contribution >= 0.6 is 0 Å². The Labute approximate surface area is 114 Å². The smallest absolute Gasteiger partial charge is 0.238 e. The first-order valence-electron chi connectivity index (χ1n) is 5.60. The Hall–Kier alpha value is -2.45. The maximum Gasteiger partial charge on any atom is 0.238 e. The molecule has 0 radical (unpaired) electrons. The second kappa shape index (κ2) is 4.58. The van der Waals surface area contributed by atoms with Gasteiger partial charge in [-0.1, -0.05) is 0 Å². The molecular formula is C12H9N5O2S. The van der Waals surface area contributed by atoms with Gasteiger partial charge in [0.1, 0.15) is 12.0 Å². The molecule has 2 heterocycles. The third-order valence-corrected chi connectivity index (χ3v) is 3.60. The monoisotopic (exact) mass is 287 g/mol. The molecule has 0 spiro atoms. The summed E-state index contributed by atoms with van der Waals surface area (Å²) in [7, 11) is -3.76. The second-order valence-corrected chi connectivity index (χ2v) is 5.62. The number of nitrogens with two attached hydrogens (primary N) is 1. The molecule has 0 aliphatic carbocycles. The van der Waals surface area contributed by atoms with Gasteiger partial charge >= 0.3 is 0 Å². The van der Waals surface area contributed by atoms with Gasteiger partial charge < -0.3 is 0 Å². The number of hydrogen-bond acceptors (Lipinski definition) is 6. The van der Waals surface area contributed by atoms with Crippen LogP contribution < -0.4 is 5.14 Å². The normalized spacial score (nSPS) is 11.7. The first-order valence-corrected chi connectivity index (χ1v) is 7.15. The van der Waals surface area contributed by atoms with Gasteiger partial charge in [-0.05, 0) is 24.3 Å². The van der Waals surface area contributed by atoms with E-state index in [4.69, 9.17) is 5.14 Å². The predicted octanol–water partition coefficient (Wildman–Crippen LogP) is 0.734. The molecule has 1 aromatic carbocycles. The molecule has 0 unspecified atom stereocenters. The highest BCUT2D eigenvalue weighted by atomic mass is 32.2. The minimum atomic E-state index is -3.76. The van der Waals surface area contributed by atoms with E-state index < -0.39 is 10.0 Å². The van der Waals surface area contributed by atoms with Crippen LogP contribution in [-0.2, 0) is 10.0 Å². The van der Waals surface area contributed by atoms with Gasteiger partial charge in [0.15, 0.2) is 5.82 Å². The highest BCUT2D eigenvalue weighted by Gasteiger charge is 2.10. The summed E-state index contributed by atoms with van der Waals surface area (Å²) in [6.07, 6.45) is 4.58.